The van der Waals surface area contributed by atoms with Crippen molar-refractivity contribution in [2.24, 2.45) is 11.7 Å². The van der Waals surface area contributed by atoms with Crippen molar-refractivity contribution in [2.75, 3.05) is 13.2 Å². The second-order valence-corrected chi connectivity index (χ2v) is 7.04. The van der Waals surface area contributed by atoms with Crippen LogP contribution in [0.25, 0.3) is 0 Å². The van der Waals surface area contributed by atoms with E-state index in [1.807, 2.05) is 31.2 Å². The molecule has 5 nitrogen and oxygen atoms in total. The average molecular weight is 392 g/mol. The molecule has 2 rings (SSSR count). The summed E-state index contributed by atoms with van der Waals surface area (Å²) in [5, 5.41) is 11.0. The molecule has 0 saturated heterocycles. The molecule has 0 bridgehead atoms. The van der Waals surface area contributed by atoms with Crippen LogP contribution in [0.5, 0.6) is 5.75 Å². The van der Waals surface area contributed by atoms with Gasteiger partial charge in [0, 0.05) is 30.3 Å². The van der Waals surface area contributed by atoms with Crippen molar-refractivity contribution in [3.63, 3.8) is 0 Å². The highest BCUT2D eigenvalue weighted by Crippen LogP contribution is 2.24. The smallest absolute Gasteiger partial charge is 0.302 e. The fourth-order valence-electron chi connectivity index (χ4n) is 2.63. The maximum atomic E-state index is 10.8. The number of aliphatic hydroxyl groups excluding tert-OH is 1. The van der Waals surface area contributed by atoms with Crippen LogP contribution >= 0.6 is 11.6 Å². The van der Waals surface area contributed by atoms with Crippen LogP contribution in [0.4, 0.5) is 0 Å². The van der Waals surface area contributed by atoms with E-state index >= 15 is 0 Å². The van der Waals surface area contributed by atoms with Gasteiger partial charge in [0.2, 0.25) is 0 Å². The molecular weight excluding hydrogens is 366 g/mol. The Morgan fingerprint density at radius 3 is 2.56 bits per heavy atom. The zero-order chi connectivity index (χ0) is 19.8. The molecule has 0 aliphatic rings. The molecule has 0 saturated carbocycles. The van der Waals surface area contributed by atoms with E-state index in [1.165, 1.54) is 6.92 Å². The molecule has 0 spiro atoms. The quantitative estimate of drug-likeness (QED) is 0.639. The Morgan fingerprint density at radius 1 is 1.22 bits per heavy atom. The van der Waals surface area contributed by atoms with E-state index in [0.29, 0.717) is 30.2 Å². The average Bonchev–Trinajstić information content (AvgIpc) is 2.65. The van der Waals surface area contributed by atoms with Crippen LogP contribution in [0.1, 0.15) is 31.1 Å². The molecule has 3 unspecified atom stereocenters. The van der Waals surface area contributed by atoms with Crippen molar-refractivity contribution >= 4 is 17.6 Å². The molecule has 2 aromatic rings. The van der Waals surface area contributed by atoms with Gasteiger partial charge in [0.1, 0.15) is 5.75 Å². The van der Waals surface area contributed by atoms with Crippen LogP contribution in [-0.4, -0.2) is 30.3 Å². The molecule has 6 heteroatoms. The van der Waals surface area contributed by atoms with Gasteiger partial charge < -0.3 is 20.3 Å². The van der Waals surface area contributed by atoms with Gasteiger partial charge >= 0.3 is 5.97 Å². The number of benzene rings is 2. The zero-order valence-corrected chi connectivity index (χ0v) is 16.4. The first-order chi connectivity index (χ1) is 12.9. The lowest BCUT2D eigenvalue weighted by Gasteiger charge is -2.25. The largest absolute Gasteiger partial charge is 0.493 e. The normalized spacial score (nSPS) is 14.3. The molecule has 3 atom stereocenters. The molecule has 0 fully saturated rings. The minimum Gasteiger partial charge on any atom is -0.493 e. The number of nitrogens with two attached hydrogens (primary N) is 1. The van der Waals surface area contributed by atoms with Gasteiger partial charge in [0.05, 0.1) is 19.3 Å². The minimum atomic E-state index is -0.814. The van der Waals surface area contributed by atoms with Gasteiger partial charge in [0.25, 0.3) is 0 Å². The first-order valence-electron chi connectivity index (χ1n) is 8.91. The molecule has 2 aromatic carbocycles. The Balaban J connectivity index is 1.83. The van der Waals surface area contributed by atoms with Gasteiger partial charge in [0.15, 0.2) is 0 Å². The third-order valence-electron chi connectivity index (χ3n) is 4.34. The Kier molecular flexibility index (Phi) is 8.10. The molecule has 0 aromatic heterocycles. The number of ether oxygens (including phenoxy) is 2. The Morgan fingerprint density at radius 2 is 1.93 bits per heavy atom. The summed E-state index contributed by atoms with van der Waals surface area (Å²) >= 11 is 5.97. The molecule has 0 radical (unpaired) electrons. The lowest BCUT2D eigenvalue weighted by Crippen LogP contribution is -2.37. The molecular formula is C21H26ClNO4. The predicted octanol–water partition coefficient (Wildman–Crippen LogP) is 3.52. The fraction of sp³-hybridized carbons (Fsp3) is 0.381. The van der Waals surface area contributed by atoms with Crippen molar-refractivity contribution in [3.05, 3.63) is 64.7 Å². The summed E-state index contributed by atoms with van der Waals surface area (Å²) in [7, 11) is 0. The lowest BCUT2D eigenvalue weighted by molar-refractivity contribution is -0.140. The SMILES string of the molecule is CC(=O)OCCc1ccc(OCC(C)C(N)C(O)c2cccc(Cl)c2)cc1. The second-order valence-electron chi connectivity index (χ2n) is 6.60. The molecule has 27 heavy (non-hydrogen) atoms. The topological polar surface area (TPSA) is 81.8 Å². The van der Waals surface area contributed by atoms with Gasteiger partial charge in [-0.1, -0.05) is 42.8 Å². The predicted molar refractivity (Wildman–Crippen MR) is 106 cm³/mol. The van der Waals surface area contributed by atoms with Crippen LogP contribution in [-0.2, 0) is 16.0 Å². The number of esters is 1. The molecule has 0 heterocycles. The number of hydrogen-bond donors (Lipinski definition) is 2. The number of halogens is 1. The highest BCUT2D eigenvalue weighted by atomic mass is 35.5. The van der Waals surface area contributed by atoms with Crippen LogP contribution in [0.15, 0.2) is 48.5 Å². The summed E-state index contributed by atoms with van der Waals surface area (Å²) in [5.74, 6) is 0.380. The highest BCUT2D eigenvalue weighted by Gasteiger charge is 2.23. The monoisotopic (exact) mass is 391 g/mol. The first kappa shape index (κ1) is 21.2. The third-order valence-corrected chi connectivity index (χ3v) is 4.58. The number of aliphatic hydroxyl groups is 1. The van der Waals surface area contributed by atoms with Gasteiger partial charge in [-0.15, -0.1) is 0 Å². The van der Waals surface area contributed by atoms with E-state index in [9.17, 15) is 9.90 Å². The van der Waals surface area contributed by atoms with Gasteiger partial charge in [-0.05, 0) is 35.4 Å². The summed E-state index contributed by atoms with van der Waals surface area (Å²) in [4.78, 5) is 10.8. The van der Waals surface area contributed by atoms with Gasteiger partial charge in [-0.25, -0.2) is 0 Å². The molecule has 3 N–H and O–H groups in total. The van der Waals surface area contributed by atoms with E-state index in [2.05, 4.69) is 0 Å². The summed E-state index contributed by atoms with van der Waals surface area (Å²) in [6, 6.07) is 14.2. The Labute approximate surface area is 165 Å². The van der Waals surface area contributed by atoms with Crippen molar-refractivity contribution < 1.29 is 19.4 Å². The Hall–Kier alpha value is -2.08. The van der Waals surface area contributed by atoms with Crippen molar-refractivity contribution in [1.29, 1.82) is 0 Å². The van der Waals surface area contributed by atoms with Gasteiger partial charge in [-0.2, -0.15) is 0 Å². The van der Waals surface area contributed by atoms with E-state index in [1.54, 1.807) is 24.3 Å². The van der Waals surface area contributed by atoms with Crippen LogP contribution in [0.2, 0.25) is 5.02 Å². The second kappa shape index (κ2) is 10.3. The van der Waals surface area contributed by atoms with Crippen molar-refractivity contribution in [2.45, 2.75) is 32.4 Å². The third kappa shape index (κ3) is 6.86. The number of rotatable bonds is 9. The molecule has 0 aliphatic carbocycles. The van der Waals surface area contributed by atoms with Crippen LogP contribution in [0, 0.1) is 5.92 Å². The summed E-state index contributed by atoms with van der Waals surface area (Å²) in [5.41, 5.74) is 7.95. The minimum absolute atomic E-state index is 0.0670. The Bertz CT molecular complexity index is 735. The van der Waals surface area contributed by atoms with E-state index in [-0.39, 0.29) is 11.9 Å². The fourth-order valence-corrected chi connectivity index (χ4v) is 2.83. The number of hydrogen-bond acceptors (Lipinski definition) is 5. The van der Waals surface area contributed by atoms with E-state index in [4.69, 9.17) is 26.8 Å². The van der Waals surface area contributed by atoms with Gasteiger partial charge in [-0.3, -0.25) is 4.79 Å². The number of carbonyl (C=O) groups excluding carboxylic acids is 1. The summed E-state index contributed by atoms with van der Waals surface area (Å²) < 4.78 is 10.7. The van der Waals surface area contributed by atoms with Crippen molar-refractivity contribution in [1.82, 2.24) is 0 Å². The van der Waals surface area contributed by atoms with Crippen LogP contribution in [0.3, 0.4) is 0 Å². The zero-order valence-electron chi connectivity index (χ0n) is 15.6. The highest BCUT2D eigenvalue weighted by molar-refractivity contribution is 6.30. The summed E-state index contributed by atoms with van der Waals surface area (Å²) in [6.07, 6.45) is -0.154. The standard InChI is InChI=1S/C21H26ClNO4/c1-14(20(23)21(25)17-4-3-5-18(22)12-17)13-27-19-8-6-16(7-9-19)10-11-26-15(2)24/h3-9,12,14,20-21,25H,10-11,13,23H2,1-2H3. The molecule has 0 amide bonds. The maximum absolute atomic E-state index is 10.8. The molecule has 0 aliphatic heterocycles. The van der Waals surface area contributed by atoms with E-state index in [0.717, 1.165) is 11.3 Å². The van der Waals surface area contributed by atoms with E-state index < -0.39 is 12.1 Å². The number of carbonyl (C=O) groups is 1. The van der Waals surface area contributed by atoms with Crippen LogP contribution < -0.4 is 10.5 Å². The molecule has 146 valence electrons. The summed E-state index contributed by atoms with van der Waals surface area (Å²) in [6.45, 7) is 4.08. The maximum Gasteiger partial charge on any atom is 0.302 e. The first-order valence-corrected chi connectivity index (χ1v) is 9.29. The van der Waals surface area contributed by atoms with Crippen molar-refractivity contribution in [3.8, 4) is 5.75 Å². The lowest BCUT2D eigenvalue weighted by atomic mass is 9.93.